The Bertz CT molecular complexity index is 1140. The van der Waals surface area contributed by atoms with Crippen LogP contribution in [0.25, 0.3) is 11.3 Å². The molecule has 1 aliphatic heterocycles. The van der Waals surface area contributed by atoms with E-state index in [1.807, 2.05) is 11.1 Å². The van der Waals surface area contributed by atoms with E-state index in [2.05, 4.69) is 17.1 Å². The number of nitrogens with two attached hydrogens (primary N) is 1. The van der Waals surface area contributed by atoms with E-state index in [-0.39, 0.29) is 18.1 Å². The molecule has 0 amide bonds. The number of alkyl halides is 3. The first-order valence-electron chi connectivity index (χ1n) is 10.7. The third-order valence-electron chi connectivity index (χ3n) is 5.16. The summed E-state index contributed by atoms with van der Waals surface area (Å²) in [6.07, 6.45) is -2.36. The van der Waals surface area contributed by atoms with Crippen molar-refractivity contribution >= 4 is 17.8 Å². The maximum atomic E-state index is 13.3. The van der Waals surface area contributed by atoms with Crippen molar-refractivity contribution in [3.63, 3.8) is 0 Å². The summed E-state index contributed by atoms with van der Waals surface area (Å²) in [4.78, 5) is 8.69. The van der Waals surface area contributed by atoms with Crippen LogP contribution < -0.4 is 5.73 Å². The molecule has 0 radical (unpaired) electrons. The summed E-state index contributed by atoms with van der Waals surface area (Å²) in [7, 11) is -1.13. The molecule has 1 fully saturated rings. The summed E-state index contributed by atoms with van der Waals surface area (Å²) in [5, 5.41) is 6.54. The highest BCUT2D eigenvalue weighted by Crippen LogP contribution is 2.28. The monoisotopic (exact) mass is 528 g/mol. The fourth-order valence-corrected chi connectivity index (χ4v) is 4.76. The van der Waals surface area contributed by atoms with Gasteiger partial charge in [-0.3, -0.25) is 0 Å². The number of hydrogen-bond acceptors (Lipinski definition) is 5. The Morgan fingerprint density at radius 1 is 1.03 bits per heavy atom. The third-order valence-corrected chi connectivity index (χ3v) is 6.81. The van der Waals surface area contributed by atoms with Crippen molar-refractivity contribution in [2.75, 3.05) is 6.54 Å². The van der Waals surface area contributed by atoms with Crippen LogP contribution in [-0.4, -0.2) is 38.1 Å². The highest BCUT2D eigenvalue weighted by atomic mass is 32.2. The Kier molecular flexibility index (Phi) is 10.8. The fourth-order valence-electron chi connectivity index (χ4n) is 3.39. The number of carbonyl (C=O) groups excluding carboxylic acids is 1. The molecule has 3 aromatic rings. The molecule has 0 bridgehead atoms. The number of halogens is 5. The van der Waals surface area contributed by atoms with Crippen molar-refractivity contribution in [1.29, 1.82) is 0 Å². The fraction of sp³-hybridized carbons (Fsp3) is 0.292. The minimum absolute atomic E-state index is 0.124. The van der Waals surface area contributed by atoms with Crippen LogP contribution in [-0.2, 0) is 28.5 Å². The molecule has 1 aliphatic rings. The van der Waals surface area contributed by atoms with E-state index in [0.29, 0.717) is 22.1 Å². The SMILES string of the molecule is C=O.CC1CCCN1S(=O)c1ccc(F)cc1.NCc1cc(F)cc(-c2ccc(C(F)(F)F)nn2)c1. The van der Waals surface area contributed by atoms with Gasteiger partial charge in [0, 0.05) is 24.7 Å². The number of benzene rings is 2. The van der Waals surface area contributed by atoms with Crippen LogP contribution in [0.5, 0.6) is 0 Å². The van der Waals surface area contributed by atoms with Crippen molar-refractivity contribution < 1.29 is 31.0 Å². The van der Waals surface area contributed by atoms with Crippen molar-refractivity contribution in [1.82, 2.24) is 14.5 Å². The molecule has 1 aromatic heterocycles. The van der Waals surface area contributed by atoms with E-state index < -0.39 is 28.7 Å². The quantitative estimate of drug-likeness (QED) is 0.487. The van der Waals surface area contributed by atoms with E-state index in [1.54, 1.807) is 18.2 Å². The predicted molar refractivity (Wildman–Crippen MR) is 126 cm³/mol. The lowest BCUT2D eigenvalue weighted by Crippen LogP contribution is -2.28. The van der Waals surface area contributed by atoms with Crippen molar-refractivity contribution in [3.05, 3.63) is 77.5 Å². The van der Waals surface area contributed by atoms with Gasteiger partial charge in [-0.15, -0.1) is 10.2 Å². The molecule has 4 rings (SSSR count). The molecule has 2 unspecified atom stereocenters. The number of nitrogens with zero attached hydrogens (tertiary/aromatic N) is 3. The molecule has 0 aliphatic carbocycles. The summed E-state index contributed by atoms with van der Waals surface area (Å²) in [5.41, 5.74) is 5.32. The van der Waals surface area contributed by atoms with Crippen LogP contribution >= 0.6 is 0 Å². The van der Waals surface area contributed by atoms with Gasteiger partial charge >= 0.3 is 6.18 Å². The first-order chi connectivity index (χ1) is 17.1. The predicted octanol–water partition coefficient (Wildman–Crippen LogP) is 4.91. The molecule has 1 saturated heterocycles. The number of rotatable bonds is 4. The van der Waals surface area contributed by atoms with Crippen LogP contribution in [0.4, 0.5) is 22.0 Å². The highest BCUT2D eigenvalue weighted by molar-refractivity contribution is 7.82. The van der Waals surface area contributed by atoms with E-state index in [0.717, 1.165) is 37.6 Å². The molecular formula is C24H25F5N4O2S. The number of hydrogen-bond donors (Lipinski definition) is 1. The van der Waals surface area contributed by atoms with E-state index in [9.17, 15) is 26.2 Å². The summed E-state index contributed by atoms with van der Waals surface area (Å²) in [6.45, 7) is 5.07. The number of aromatic nitrogens is 2. The summed E-state index contributed by atoms with van der Waals surface area (Å²) in [5.74, 6) is -0.815. The largest absolute Gasteiger partial charge is 0.435 e. The zero-order valence-corrected chi connectivity index (χ0v) is 20.2. The average molecular weight is 529 g/mol. The lowest BCUT2D eigenvalue weighted by molar-refractivity contribution is -0.141. The standard InChI is InChI=1S/C12H9F4N3.C11H14FNOS.CH2O/c13-9-4-7(6-17)3-8(5-9)10-1-2-11(19-18-10)12(14,15)16;1-9-3-2-8-13(9)15(14)11-6-4-10(12)5-7-11;1-2/h1-5H,6,17H2;4-7,9H,2-3,8H2,1H3;1H2. The normalized spacial score (nSPS) is 16.4. The molecule has 0 spiro atoms. The molecule has 12 heteroatoms. The third kappa shape index (κ3) is 7.97. The van der Waals surface area contributed by atoms with Crippen LogP contribution in [0.3, 0.4) is 0 Å². The second-order valence-corrected chi connectivity index (χ2v) is 9.13. The van der Waals surface area contributed by atoms with E-state index >= 15 is 0 Å². The van der Waals surface area contributed by atoms with Crippen LogP contribution in [0.1, 0.15) is 31.0 Å². The average Bonchev–Trinajstić information content (AvgIpc) is 3.30. The first kappa shape index (κ1) is 29.1. The molecule has 194 valence electrons. The van der Waals surface area contributed by atoms with Gasteiger partial charge in [-0.2, -0.15) is 13.2 Å². The molecule has 36 heavy (non-hydrogen) atoms. The van der Waals surface area contributed by atoms with Gasteiger partial charge in [0.15, 0.2) is 5.69 Å². The topological polar surface area (TPSA) is 89.2 Å². The van der Waals surface area contributed by atoms with Crippen molar-refractivity contribution in [3.8, 4) is 11.3 Å². The minimum atomic E-state index is -4.55. The number of carbonyl (C=O) groups is 1. The Labute approximate surface area is 207 Å². The second kappa shape index (κ2) is 13.3. The smallest absolute Gasteiger partial charge is 0.326 e. The van der Waals surface area contributed by atoms with E-state index in [1.165, 1.54) is 18.2 Å². The highest BCUT2D eigenvalue weighted by Gasteiger charge is 2.33. The Morgan fingerprint density at radius 2 is 1.69 bits per heavy atom. The maximum absolute atomic E-state index is 13.3. The summed E-state index contributed by atoms with van der Waals surface area (Å²) < 4.78 is 77.0. The second-order valence-electron chi connectivity index (χ2n) is 7.69. The Balaban J connectivity index is 0.000000243. The van der Waals surface area contributed by atoms with Gasteiger partial charge in [0.2, 0.25) is 0 Å². The van der Waals surface area contributed by atoms with E-state index in [4.69, 9.17) is 10.5 Å². The molecule has 6 nitrogen and oxygen atoms in total. The maximum Gasteiger partial charge on any atom is 0.435 e. The molecule has 2 N–H and O–H groups in total. The Morgan fingerprint density at radius 3 is 2.19 bits per heavy atom. The summed E-state index contributed by atoms with van der Waals surface area (Å²) in [6, 6.07) is 12.2. The lowest BCUT2D eigenvalue weighted by Gasteiger charge is -2.19. The van der Waals surface area contributed by atoms with Gasteiger partial charge in [-0.25, -0.2) is 17.3 Å². The molecular weight excluding hydrogens is 503 g/mol. The molecule has 2 aromatic carbocycles. The Hall–Kier alpha value is -3.09. The molecule has 2 atom stereocenters. The van der Waals surface area contributed by atoms with Gasteiger partial charge in [0.1, 0.15) is 29.4 Å². The van der Waals surface area contributed by atoms with Gasteiger partial charge in [0.05, 0.1) is 10.6 Å². The van der Waals surface area contributed by atoms with Crippen LogP contribution in [0.15, 0.2) is 59.5 Å². The van der Waals surface area contributed by atoms with Gasteiger partial charge in [-0.05, 0) is 79.9 Å². The first-order valence-corrected chi connectivity index (χ1v) is 11.8. The van der Waals surface area contributed by atoms with Crippen LogP contribution in [0, 0.1) is 11.6 Å². The summed E-state index contributed by atoms with van der Waals surface area (Å²) >= 11 is 0. The zero-order valence-electron chi connectivity index (χ0n) is 19.3. The van der Waals surface area contributed by atoms with Crippen molar-refractivity contribution in [2.45, 2.75) is 43.4 Å². The van der Waals surface area contributed by atoms with Crippen molar-refractivity contribution in [2.24, 2.45) is 5.73 Å². The lowest BCUT2D eigenvalue weighted by atomic mass is 10.1. The van der Waals surface area contributed by atoms with Gasteiger partial charge < -0.3 is 10.5 Å². The molecule has 2 heterocycles. The van der Waals surface area contributed by atoms with Crippen LogP contribution in [0.2, 0.25) is 0 Å². The van der Waals surface area contributed by atoms with Gasteiger partial charge in [-0.1, -0.05) is 0 Å². The zero-order chi connectivity index (χ0) is 26.9. The minimum Gasteiger partial charge on any atom is -0.326 e. The molecule has 0 saturated carbocycles. The van der Waals surface area contributed by atoms with Gasteiger partial charge in [0.25, 0.3) is 0 Å².